The molecule has 0 atom stereocenters. The van der Waals surface area contributed by atoms with Gasteiger partial charge in [-0.2, -0.15) is 5.26 Å². The topological polar surface area (TPSA) is 75.0 Å². The fraction of sp³-hybridized carbons (Fsp3) is 0.389. The summed E-state index contributed by atoms with van der Waals surface area (Å²) in [6.07, 6.45) is 3.60. The van der Waals surface area contributed by atoms with Crippen molar-refractivity contribution in [3.63, 3.8) is 0 Å². The van der Waals surface area contributed by atoms with Gasteiger partial charge in [0.05, 0.1) is 18.2 Å². The van der Waals surface area contributed by atoms with Crippen LogP contribution in [-0.4, -0.2) is 16.4 Å². The molecule has 1 aliphatic rings. The second kappa shape index (κ2) is 7.85. The zero-order chi connectivity index (χ0) is 17.7. The number of benzene rings is 1. The molecule has 1 heterocycles. The SMILES string of the molecule is N#CC1(NC(=O)Cc2csc(COc3ccc(Cl)cc3)n2)CCCC1. The molecule has 0 bridgehead atoms. The van der Waals surface area contributed by atoms with Crippen LogP contribution in [-0.2, 0) is 17.8 Å². The summed E-state index contributed by atoms with van der Waals surface area (Å²) in [5, 5.41) is 15.5. The van der Waals surface area contributed by atoms with E-state index in [2.05, 4.69) is 16.4 Å². The second-order valence-electron chi connectivity index (χ2n) is 6.10. The van der Waals surface area contributed by atoms with Crippen LogP contribution in [0.4, 0.5) is 0 Å². The van der Waals surface area contributed by atoms with Crippen molar-refractivity contribution in [3.05, 3.63) is 45.4 Å². The van der Waals surface area contributed by atoms with Crippen molar-refractivity contribution < 1.29 is 9.53 Å². The van der Waals surface area contributed by atoms with Gasteiger partial charge in [0.25, 0.3) is 0 Å². The molecule has 2 aromatic rings. The first-order chi connectivity index (χ1) is 12.1. The quantitative estimate of drug-likeness (QED) is 0.831. The highest BCUT2D eigenvalue weighted by Crippen LogP contribution is 2.29. The van der Waals surface area contributed by atoms with E-state index >= 15 is 0 Å². The lowest BCUT2D eigenvalue weighted by molar-refractivity contribution is -0.121. The van der Waals surface area contributed by atoms with Crippen LogP contribution in [0.15, 0.2) is 29.6 Å². The van der Waals surface area contributed by atoms with Crippen LogP contribution >= 0.6 is 22.9 Å². The normalized spacial score (nSPS) is 15.5. The molecule has 0 unspecified atom stereocenters. The summed E-state index contributed by atoms with van der Waals surface area (Å²) in [5.74, 6) is 0.565. The third-order valence-electron chi connectivity index (χ3n) is 4.17. The number of halogens is 1. The number of amides is 1. The molecule has 1 amide bonds. The number of nitriles is 1. The Balaban J connectivity index is 1.52. The fourth-order valence-electron chi connectivity index (χ4n) is 2.89. The van der Waals surface area contributed by atoms with Crippen molar-refractivity contribution in [2.24, 2.45) is 0 Å². The summed E-state index contributed by atoms with van der Waals surface area (Å²) in [7, 11) is 0. The lowest BCUT2D eigenvalue weighted by atomic mass is 9.99. The Morgan fingerprint density at radius 3 is 2.76 bits per heavy atom. The Kier molecular flexibility index (Phi) is 5.57. The van der Waals surface area contributed by atoms with Gasteiger partial charge in [-0.15, -0.1) is 11.3 Å². The number of nitrogens with one attached hydrogen (secondary N) is 1. The number of aromatic nitrogens is 1. The molecular weight excluding hydrogens is 358 g/mol. The number of nitrogens with zero attached hydrogens (tertiary/aromatic N) is 2. The van der Waals surface area contributed by atoms with E-state index in [9.17, 15) is 10.1 Å². The third-order valence-corrected chi connectivity index (χ3v) is 5.29. The molecule has 0 saturated heterocycles. The molecular formula is C18H18ClN3O2S. The molecule has 130 valence electrons. The Labute approximate surface area is 155 Å². The minimum absolute atomic E-state index is 0.154. The Morgan fingerprint density at radius 2 is 2.08 bits per heavy atom. The summed E-state index contributed by atoms with van der Waals surface area (Å²) in [6.45, 7) is 0.343. The average Bonchev–Trinajstić information content (AvgIpc) is 3.24. The summed E-state index contributed by atoms with van der Waals surface area (Å²) >= 11 is 7.29. The molecule has 0 spiro atoms. The first-order valence-corrected chi connectivity index (χ1v) is 9.38. The van der Waals surface area contributed by atoms with Crippen molar-refractivity contribution in [3.8, 4) is 11.8 Å². The van der Waals surface area contributed by atoms with Gasteiger partial charge in [-0.1, -0.05) is 11.6 Å². The predicted molar refractivity (Wildman–Crippen MR) is 96.6 cm³/mol. The molecule has 5 nitrogen and oxygen atoms in total. The van der Waals surface area contributed by atoms with Gasteiger partial charge < -0.3 is 10.1 Å². The lowest BCUT2D eigenvalue weighted by Gasteiger charge is -2.21. The van der Waals surface area contributed by atoms with Gasteiger partial charge >= 0.3 is 0 Å². The maximum Gasteiger partial charge on any atom is 0.227 e. The molecule has 1 aliphatic carbocycles. The van der Waals surface area contributed by atoms with E-state index in [1.807, 2.05) is 5.38 Å². The van der Waals surface area contributed by atoms with Crippen LogP contribution in [0.3, 0.4) is 0 Å². The molecule has 1 saturated carbocycles. The van der Waals surface area contributed by atoms with Crippen molar-refractivity contribution in [2.45, 2.75) is 44.2 Å². The zero-order valence-electron chi connectivity index (χ0n) is 13.6. The maximum atomic E-state index is 12.2. The maximum absolute atomic E-state index is 12.2. The standard InChI is InChI=1S/C18H18ClN3O2S/c19-13-3-5-15(6-4-13)24-10-17-21-14(11-25-17)9-16(23)22-18(12-20)7-1-2-8-18/h3-6,11H,1-2,7-10H2,(H,22,23). The van der Waals surface area contributed by atoms with Crippen molar-refractivity contribution in [1.82, 2.24) is 10.3 Å². The molecule has 25 heavy (non-hydrogen) atoms. The Hall–Kier alpha value is -2.10. The molecule has 1 fully saturated rings. The second-order valence-corrected chi connectivity index (χ2v) is 7.48. The van der Waals surface area contributed by atoms with E-state index in [1.165, 1.54) is 11.3 Å². The van der Waals surface area contributed by atoms with Crippen LogP contribution in [0.5, 0.6) is 5.75 Å². The average molecular weight is 376 g/mol. The summed E-state index contributed by atoms with van der Waals surface area (Å²) < 4.78 is 5.65. The number of thiazole rings is 1. The van der Waals surface area contributed by atoms with Gasteiger partial charge in [0.15, 0.2) is 0 Å². The molecule has 1 aromatic heterocycles. The van der Waals surface area contributed by atoms with Gasteiger partial charge in [-0.3, -0.25) is 4.79 Å². The van der Waals surface area contributed by atoms with Crippen molar-refractivity contribution >= 4 is 28.8 Å². The number of hydrogen-bond donors (Lipinski definition) is 1. The molecule has 7 heteroatoms. The highest BCUT2D eigenvalue weighted by atomic mass is 35.5. The van der Waals surface area contributed by atoms with E-state index < -0.39 is 5.54 Å². The molecule has 3 rings (SSSR count). The van der Waals surface area contributed by atoms with Gasteiger partial charge in [-0.25, -0.2) is 4.98 Å². The first-order valence-electron chi connectivity index (χ1n) is 8.12. The lowest BCUT2D eigenvalue weighted by Crippen LogP contribution is -2.45. The summed E-state index contributed by atoms with van der Waals surface area (Å²) in [6, 6.07) is 9.39. The van der Waals surface area contributed by atoms with Crippen LogP contribution in [0.1, 0.15) is 36.4 Å². The number of ether oxygens (including phenoxy) is 1. The van der Waals surface area contributed by atoms with E-state index in [1.54, 1.807) is 24.3 Å². The Morgan fingerprint density at radius 1 is 1.36 bits per heavy atom. The number of rotatable bonds is 6. The minimum atomic E-state index is -0.687. The van der Waals surface area contributed by atoms with E-state index in [-0.39, 0.29) is 12.3 Å². The number of carbonyl (C=O) groups is 1. The molecule has 0 radical (unpaired) electrons. The monoisotopic (exact) mass is 375 g/mol. The number of hydrogen-bond acceptors (Lipinski definition) is 5. The van der Waals surface area contributed by atoms with Crippen LogP contribution < -0.4 is 10.1 Å². The van der Waals surface area contributed by atoms with E-state index in [4.69, 9.17) is 16.3 Å². The molecule has 1 aromatic carbocycles. The molecule has 0 aliphatic heterocycles. The minimum Gasteiger partial charge on any atom is -0.486 e. The highest BCUT2D eigenvalue weighted by Gasteiger charge is 2.35. The first kappa shape index (κ1) is 17.7. The summed E-state index contributed by atoms with van der Waals surface area (Å²) in [4.78, 5) is 16.6. The smallest absolute Gasteiger partial charge is 0.227 e. The van der Waals surface area contributed by atoms with Crippen LogP contribution in [0, 0.1) is 11.3 Å². The van der Waals surface area contributed by atoms with Gasteiger partial charge in [-0.05, 0) is 49.9 Å². The van der Waals surface area contributed by atoms with E-state index in [0.717, 1.165) is 36.4 Å². The Bertz CT molecular complexity index is 776. The van der Waals surface area contributed by atoms with Gasteiger partial charge in [0.2, 0.25) is 5.91 Å². The zero-order valence-corrected chi connectivity index (χ0v) is 15.2. The number of carbonyl (C=O) groups excluding carboxylic acids is 1. The summed E-state index contributed by atoms with van der Waals surface area (Å²) in [5.41, 5.74) is 0.0106. The van der Waals surface area contributed by atoms with Crippen LogP contribution in [0.25, 0.3) is 0 Å². The predicted octanol–water partition coefficient (Wildman–Crippen LogP) is 3.87. The highest BCUT2D eigenvalue weighted by molar-refractivity contribution is 7.09. The van der Waals surface area contributed by atoms with E-state index in [0.29, 0.717) is 17.3 Å². The molecule has 1 N–H and O–H groups in total. The third kappa shape index (κ3) is 4.71. The van der Waals surface area contributed by atoms with Gasteiger partial charge in [0, 0.05) is 10.4 Å². The van der Waals surface area contributed by atoms with Crippen molar-refractivity contribution in [1.29, 1.82) is 5.26 Å². The fourth-order valence-corrected chi connectivity index (χ4v) is 3.72. The largest absolute Gasteiger partial charge is 0.486 e. The van der Waals surface area contributed by atoms with Gasteiger partial charge in [0.1, 0.15) is 22.9 Å². The van der Waals surface area contributed by atoms with Crippen LogP contribution in [0.2, 0.25) is 5.02 Å². The van der Waals surface area contributed by atoms with Crippen molar-refractivity contribution in [2.75, 3.05) is 0 Å².